The van der Waals surface area contributed by atoms with Crippen molar-refractivity contribution in [3.8, 4) is 22.5 Å². The number of anilines is 2. The number of aromatic nitrogens is 2. The summed E-state index contributed by atoms with van der Waals surface area (Å²) in [6.07, 6.45) is 0. The van der Waals surface area contributed by atoms with Crippen molar-refractivity contribution in [2.24, 2.45) is 0 Å². The lowest BCUT2D eigenvalue weighted by atomic mass is 9.97. The van der Waals surface area contributed by atoms with E-state index >= 15 is 0 Å². The highest BCUT2D eigenvalue weighted by atomic mass is 35.5. The Balaban J connectivity index is 1.26. The molecule has 0 fully saturated rings. The lowest BCUT2D eigenvalue weighted by molar-refractivity contribution is 0.101. The van der Waals surface area contributed by atoms with Gasteiger partial charge in [0.05, 0.1) is 44.9 Å². The summed E-state index contributed by atoms with van der Waals surface area (Å²) >= 11 is 12.3. The van der Waals surface area contributed by atoms with E-state index in [2.05, 4.69) is 10.6 Å². The Kier molecular flexibility index (Phi) is 8.36. The minimum Gasteiger partial charge on any atom is -0.320 e. The van der Waals surface area contributed by atoms with E-state index in [0.717, 1.165) is 33.0 Å². The minimum atomic E-state index is -0.321. The molecule has 0 saturated carbocycles. The summed E-state index contributed by atoms with van der Waals surface area (Å²) in [5.41, 5.74) is 7.81. The number of para-hydroxylation sites is 4. The van der Waals surface area contributed by atoms with E-state index in [1.165, 1.54) is 0 Å². The molecule has 6 nitrogen and oxygen atoms in total. The van der Waals surface area contributed by atoms with Gasteiger partial charge in [-0.05, 0) is 73.5 Å². The molecule has 234 valence electrons. The van der Waals surface area contributed by atoms with Crippen LogP contribution in [0.2, 0.25) is 10.0 Å². The summed E-state index contributed by atoms with van der Waals surface area (Å²) in [6, 6.07) is 37.0. The zero-order chi connectivity index (χ0) is 33.4. The van der Waals surface area contributed by atoms with Gasteiger partial charge < -0.3 is 10.6 Å². The molecule has 0 aliphatic rings. The second-order valence-corrected chi connectivity index (χ2v) is 12.3. The van der Waals surface area contributed by atoms with Crippen LogP contribution in [0.25, 0.3) is 44.3 Å². The van der Waals surface area contributed by atoms with E-state index < -0.39 is 0 Å². The number of rotatable bonds is 6. The average Bonchev–Trinajstić information content (AvgIpc) is 3.09. The molecule has 7 rings (SSSR count). The number of hydrogen-bond donors (Lipinski definition) is 2. The van der Waals surface area contributed by atoms with Crippen molar-refractivity contribution in [3.05, 3.63) is 154 Å². The van der Waals surface area contributed by atoms with Crippen LogP contribution in [0.1, 0.15) is 31.8 Å². The van der Waals surface area contributed by atoms with Crippen LogP contribution < -0.4 is 10.6 Å². The Hall–Kier alpha value is -5.56. The fourth-order valence-electron chi connectivity index (χ4n) is 6.05. The Morgan fingerprint density at radius 1 is 0.500 bits per heavy atom. The number of hydrogen-bond acceptors (Lipinski definition) is 4. The van der Waals surface area contributed by atoms with E-state index in [1.807, 2.05) is 98.8 Å². The first-order valence-electron chi connectivity index (χ1n) is 15.3. The number of pyridine rings is 2. The molecular formula is C40H28Cl2N4O2. The first-order chi connectivity index (χ1) is 23.3. The topological polar surface area (TPSA) is 84.0 Å². The highest BCUT2D eigenvalue weighted by Crippen LogP contribution is 2.34. The molecule has 2 heterocycles. The Morgan fingerprint density at radius 2 is 0.854 bits per heavy atom. The Morgan fingerprint density at radius 3 is 1.25 bits per heavy atom. The largest absolute Gasteiger partial charge is 0.320 e. The van der Waals surface area contributed by atoms with Crippen molar-refractivity contribution in [2.45, 2.75) is 13.8 Å². The van der Waals surface area contributed by atoms with Gasteiger partial charge in [-0.1, -0.05) is 96.0 Å². The molecule has 0 radical (unpaired) electrons. The van der Waals surface area contributed by atoms with Crippen molar-refractivity contribution in [1.82, 2.24) is 9.97 Å². The van der Waals surface area contributed by atoms with Gasteiger partial charge in [0.25, 0.3) is 11.8 Å². The molecule has 0 aliphatic carbocycles. The number of amides is 2. The fourth-order valence-corrected chi connectivity index (χ4v) is 6.30. The summed E-state index contributed by atoms with van der Waals surface area (Å²) in [4.78, 5) is 38.1. The molecule has 5 aromatic carbocycles. The first-order valence-corrected chi connectivity index (χ1v) is 16.1. The monoisotopic (exact) mass is 666 g/mol. The molecule has 2 N–H and O–H groups in total. The van der Waals surface area contributed by atoms with Crippen molar-refractivity contribution in [1.29, 1.82) is 0 Å². The standard InChI is InChI=1S/C40H28Cl2N4O2/c1-23-35(29-9-3-5-11-31(29)43-37(23)25-15-19-27(41)20-16-25)39(47)45-33-13-7-8-14-34(33)46-40(48)36-24(2)38(26-17-21-28(42)22-18-26)44-32-12-6-4-10-30(32)36/h3-22H,1-2H3,(H,45,47)(H,46,48). The van der Waals surface area contributed by atoms with E-state index in [4.69, 9.17) is 33.2 Å². The number of benzene rings is 5. The number of carbonyl (C=O) groups is 2. The molecule has 0 saturated heterocycles. The molecule has 0 aliphatic heterocycles. The van der Waals surface area contributed by atoms with E-state index in [0.29, 0.717) is 55.0 Å². The van der Waals surface area contributed by atoms with Crippen LogP contribution in [0.4, 0.5) is 11.4 Å². The molecule has 8 heteroatoms. The molecule has 2 amide bonds. The van der Waals surface area contributed by atoms with E-state index in [1.54, 1.807) is 36.4 Å². The minimum absolute atomic E-state index is 0.321. The second-order valence-electron chi connectivity index (χ2n) is 11.4. The summed E-state index contributed by atoms with van der Waals surface area (Å²) in [6.45, 7) is 3.78. The van der Waals surface area contributed by atoms with Gasteiger partial charge in [-0.2, -0.15) is 0 Å². The van der Waals surface area contributed by atoms with Crippen molar-refractivity contribution in [3.63, 3.8) is 0 Å². The summed E-state index contributed by atoms with van der Waals surface area (Å²) in [5.74, 6) is -0.642. The van der Waals surface area contributed by atoms with E-state index in [9.17, 15) is 9.59 Å². The number of nitrogens with one attached hydrogen (secondary N) is 2. The van der Waals surface area contributed by atoms with Gasteiger partial charge in [0, 0.05) is 31.9 Å². The quantitative estimate of drug-likeness (QED) is 0.185. The highest BCUT2D eigenvalue weighted by molar-refractivity contribution is 6.31. The molecule has 0 bridgehead atoms. The third-order valence-electron chi connectivity index (χ3n) is 8.38. The van der Waals surface area contributed by atoms with Gasteiger partial charge in [0.1, 0.15) is 0 Å². The SMILES string of the molecule is Cc1c(-c2ccc(Cl)cc2)nc2ccccc2c1C(=O)Nc1ccccc1NC(=O)c1c(C)c(-c2ccc(Cl)cc2)nc2ccccc12. The molecule has 48 heavy (non-hydrogen) atoms. The molecular weight excluding hydrogens is 639 g/mol. The van der Waals surface area contributed by atoms with Crippen molar-refractivity contribution in [2.75, 3.05) is 10.6 Å². The zero-order valence-corrected chi connectivity index (χ0v) is 27.5. The normalized spacial score (nSPS) is 11.1. The summed E-state index contributed by atoms with van der Waals surface area (Å²) in [7, 11) is 0. The molecule has 0 unspecified atom stereocenters. The number of fused-ring (bicyclic) bond motifs is 2. The molecule has 2 aromatic heterocycles. The maximum Gasteiger partial charge on any atom is 0.256 e. The summed E-state index contributed by atoms with van der Waals surface area (Å²) < 4.78 is 0. The summed E-state index contributed by atoms with van der Waals surface area (Å²) in [5, 5.41) is 8.82. The maximum absolute atomic E-state index is 14.2. The number of carbonyl (C=O) groups excluding carboxylic acids is 2. The van der Waals surface area contributed by atoms with Crippen molar-refractivity contribution >= 4 is 68.2 Å². The highest BCUT2D eigenvalue weighted by Gasteiger charge is 2.22. The van der Waals surface area contributed by atoms with Crippen LogP contribution in [0.3, 0.4) is 0 Å². The van der Waals surface area contributed by atoms with Crippen LogP contribution >= 0.6 is 23.2 Å². The molecule has 0 atom stereocenters. The van der Waals surface area contributed by atoms with Crippen LogP contribution in [0.15, 0.2) is 121 Å². The average molecular weight is 668 g/mol. The third-order valence-corrected chi connectivity index (χ3v) is 8.89. The van der Waals surface area contributed by atoms with Gasteiger partial charge >= 0.3 is 0 Å². The van der Waals surface area contributed by atoms with Crippen LogP contribution in [0.5, 0.6) is 0 Å². The lowest BCUT2D eigenvalue weighted by Gasteiger charge is -2.18. The Bertz CT molecular complexity index is 2200. The third kappa shape index (κ3) is 5.88. The van der Waals surface area contributed by atoms with Crippen LogP contribution in [0, 0.1) is 13.8 Å². The van der Waals surface area contributed by atoms with Crippen LogP contribution in [-0.2, 0) is 0 Å². The maximum atomic E-state index is 14.2. The Labute approximate surface area is 287 Å². The van der Waals surface area contributed by atoms with E-state index in [-0.39, 0.29) is 11.8 Å². The number of nitrogens with zero attached hydrogens (tertiary/aromatic N) is 2. The van der Waals surface area contributed by atoms with Gasteiger partial charge in [-0.3, -0.25) is 9.59 Å². The fraction of sp³-hybridized carbons (Fsp3) is 0.0500. The molecule has 0 spiro atoms. The second kappa shape index (κ2) is 12.9. The number of halogens is 2. The lowest BCUT2D eigenvalue weighted by Crippen LogP contribution is -2.19. The van der Waals surface area contributed by atoms with Gasteiger partial charge in [0.2, 0.25) is 0 Å². The zero-order valence-electron chi connectivity index (χ0n) is 26.0. The van der Waals surface area contributed by atoms with Crippen molar-refractivity contribution < 1.29 is 9.59 Å². The van der Waals surface area contributed by atoms with Gasteiger partial charge in [-0.15, -0.1) is 0 Å². The predicted octanol–water partition coefficient (Wildman–Crippen LogP) is 10.5. The smallest absolute Gasteiger partial charge is 0.256 e. The predicted molar refractivity (Wildman–Crippen MR) is 196 cm³/mol. The first kappa shape index (κ1) is 31.1. The van der Waals surface area contributed by atoms with Crippen LogP contribution in [-0.4, -0.2) is 21.8 Å². The molecule has 7 aromatic rings. The van der Waals surface area contributed by atoms with Gasteiger partial charge in [-0.25, -0.2) is 9.97 Å². The van der Waals surface area contributed by atoms with Gasteiger partial charge in [0.15, 0.2) is 0 Å².